The number of aliphatic hydroxyl groups is 1. The average Bonchev–Trinajstić information content (AvgIpc) is 2.41. The lowest BCUT2D eigenvalue weighted by Gasteiger charge is -2.12. The first-order valence-electron chi connectivity index (χ1n) is 6.36. The molecule has 2 unspecified atom stereocenters. The second kappa shape index (κ2) is 9.34. The van der Waals surface area contributed by atoms with Crippen molar-refractivity contribution in [1.82, 2.24) is 0 Å². The molecule has 0 fully saturated rings. The van der Waals surface area contributed by atoms with Crippen LogP contribution in [0.5, 0.6) is 0 Å². The first-order chi connectivity index (χ1) is 9.13. The van der Waals surface area contributed by atoms with E-state index in [-0.39, 0.29) is 6.04 Å². The zero-order valence-corrected chi connectivity index (χ0v) is 12.4. The SMILES string of the molecule is COCCOCC(O)CSc1cccc(C(C)N)c1. The second-order valence-corrected chi connectivity index (χ2v) is 5.49. The fourth-order valence-electron chi connectivity index (χ4n) is 1.49. The minimum Gasteiger partial charge on any atom is -0.390 e. The number of thioether (sulfide) groups is 1. The maximum atomic E-state index is 9.78. The molecule has 0 spiro atoms. The number of benzene rings is 1. The molecule has 0 saturated carbocycles. The summed E-state index contributed by atoms with van der Waals surface area (Å²) in [4.78, 5) is 1.12. The van der Waals surface area contributed by atoms with Crippen molar-refractivity contribution in [2.45, 2.75) is 24.0 Å². The lowest BCUT2D eigenvalue weighted by molar-refractivity contribution is 0.0218. The summed E-state index contributed by atoms with van der Waals surface area (Å²) >= 11 is 1.61. The molecule has 3 N–H and O–H groups in total. The molecule has 0 heterocycles. The summed E-state index contributed by atoms with van der Waals surface area (Å²) in [6, 6.07) is 8.12. The predicted molar refractivity (Wildman–Crippen MR) is 78.5 cm³/mol. The summed E-state index contributed by atoms with van der Waals surface area (Å²) < 4.78 is 10.1. The third-order valence-electron chi connectivity index (χ3n) is 2.57. The highest BCUT2D eigenvalue weighted by atomic mass is 32.2. The molecule has 19 heavy (non-hydrogen) atoms. The number of nitrogens with two attached hydrogens (primary N) is 1. The Balaban J connectivity index is 2.29. The van der Waals surface area contributed by atoms with Crippen LogP contribution in [0, 0.1) is 0 Å². The Labute approximate surface area is 119 Å². The molecule has 0 aliphatic rings. The number of aliphatic hydroxyl groups excluding tert-OH is 1. The molecule has 0 aliphatic heterocycles. The Morgan fingerprint density at radius 1 is 1.37 bits per heavy atom. The van der Waals surface area contributed by atoms with E-state index in [4.69, 9.17) is 15.2 Å². The number of methoxy groups -OCH3 is 1. The Kier molecular flexibility index (Phi) is 8.09. The van der Waals surface area contributed by atoms with Crippen LogP contribution in [-0.2, 0) is 9.47 Å². The van der Waals surface area contributed by atoms with Crippen molar-refractivity contribution in [3.05, 3.63) is 29.8 Å². The average molecular weight is 285 g/mol. The lowest BCUT2D eigenvalue weighted by atomic mass is 10.1. The van der Waals surface area contributed by atoms with Crippen LogP contribution < -0.4 is 5.73 Å². The number of hydrogen-bond acceptors (Lipinski definition) is 5. The van der Waals surface area contributed by atoms with Gasteiger partial charge in [0.15, 0.2) is 0 Å². The van der Waals surface area contributed by atoms with Gasteiger partial charge in [-0.15, -0.1) is 11.8 Å². The van der Waals surface area contributed by atoms with Crippen LogP contribution in [0.4, 0.5) is 0 Å². The monoisotopic (exact) mass is 285 g/mol. The fourth-order valence-corrected chi connectivity index (χ4v) is 2.36. The minimum atomic E-state index is -0.471. The summed E-state index contributed by atoms with van der Waals surface area (Å²) in [6.07, 6.45) is -0.471. The van der Waals surface area contributed by atoms with Gasteiger partial charge in [-0.2, -0.15) is 0 Å². The van der Waals surface area contributed by atoms with Crippen molar-refractivity contribution in [2.24, 2.45) is 5.73 Å². The highest BCUT2D eigenvalue weighted by Crippen LogP contribution is 2.22. The quantitative estimate of drug-likeness (QED) is 0.535. The molecule has 0 aromatic heterocycles. The number of ether oxygens (including phenoxy) is 2. The summed E-state index contributed by atoms with van der Waals surface area (Å²) in [5, 5.41) is 9.78. The molecule has 0 amide bonds. The molecule has 0 radical (unpaired) electrons. The Hall–Kier alpha value is -0.590. The third kappa shape index (κ3) is 6.94. The highest BCUT2D eigenvalue weighted by molar-refractivity contribution is 7.99. The van der Waals surface area contributed by atoms with Crippen LogP contribution in [0.15, 0.2) is 29.2 Å². The van der Waals surface area contributed by atoms with Crippen LogP contribution in [0.25, 0.3) is 0 Å². The molecule has 1 aromatic rings. The number of rotatable bonds is 9. The van der Waals surface area contributed by atoms with E-state index in [2.05, 4.69) is 6.07 Å². The molecule has 0 bridgehead atoms. The Morgan fingerprint density at radius 2 is 2.16 bits per heavy atom. The van der Waals surface area contributed by atoms with Crippen molar-refractivity contribution in [1.29, 1.82) is 0 Å². The van der Waals surface area contributed by atoms with Gasteiger partial charge < -0.3 is 20.3 Å². The van der Waals surface area contributed by atoms with Gasteiger partial charge in [-0.3, -0.25) is 0 Å². The maximum absolute atomic E-state index is 9.78. The Bertz CT molecular complexity index is 360. The molecule has 1 aromatic carbocycles. The molecule has 0 saturated heterocycles. The molecule has 2 atom stereocenters. The normalized spacial score (nSPS) is 14.3. The molecule has 4 nitrogen and oxygen atoms in total. The maximum Gasteiger partial charge on any atom is 0.0867 e. The van der Waals surface area contributed by atoms with Crippen molar-refractivity contribution >= 4 is 11.8 Å². The molecule has 108 valence electrons. The van der Waals surface area contributed by atoms with Crippen LogP contribution >= 0.6 is 11.8 Å². The van der Waals surface area contributed by atoms with Crippen LogP contribution in [-0.4, -0.2) is 43.9 Å². The number of hydrogen-bond donors (Lipinski definition) is 2. The van der Waals surface area contributed by atoms with E-state index >= 15 is 0 Å². The zero-order chi connectivity index (χ0) is 14.1. The van der Waals surface area contributed by atoms with Crippen molar-refractivity contribution in [3.63, 3.8) is 0 Å². The van der Waals surface area contributed by atoms with Gasteiger partial charge in [0.05, 0.1) is 25.9 Å². The van der Waals surface area contributed by atoms with Gasteiger partial charge in [0.1, 0.15) is 0 Å². The summed E-state index contributed by atoms with van der Waals surface area (Å²) in [5.74, 6) is 0.607. The standard InChI is InChI=1S/C14H23NO3S/c1-11(15)12-4-3-5-14(8-12)19-10-13(16)9-18-7-6-17-2/h3-5,8,11,13,16H,6-7,9-10,15H2,1-2H3. The fraction of sp³-hybridized carbons (Fsp3) is 0.571. The van der Waals surface area contributed by atoms with Crippen LogP contribution in [0.1, 0.15) is 18.5 Å². The minimum absolute atomic E-state index is 0.0304. The topological polar surface area (TPSA) is 64.7 Å². The van der Waals surface area contributed by atoms with Crippen LogP contribution in [0.2, 0.25) is 0 Å². The van der Waals surface area contributed by atoms with Gasteiger partial charge in [0, 0.05) is 23.8 Å². The van der Waals surface area contributed by atoms with Gasteiger partial charge in [0.2, 0.25) is 0 Å². The smallest absolute Gasteiger partial charge is 0.0867 e. The lowest BCUT2D eigenvalue weighted by Crippen LogP contribution is -2.19. The Morgan fingerprint density at radius 3 is 2.84 bits per heavy atom. The van der Waals surface area contributed by atoms with E-state index in [0.717, 1.165) is 10.5 Å². The molecule has 5 heteroatoms. The summed E-state index contributed by atoms with van der Waals surface area (Å²) in [6.45, 7) is 3.36. The van der Waals surface area contributed by atoms with Crippen molar-refractivity contribution in [3.8, 4) is 0 Å². The van der Waals surface area contributed by atoms with Gasteiger partial charge >= 0.3 is 0 Å². The molecular weight excluding hydrogens is 262 g/mol. The van der Waals surface area contributed by atoms with Gasteiger partial charge in [-0.1, -0.05) is 12.1 Å². The van der Waals surface area contributed by atoms with Gasteiger partial charge in [0.25, 0.3) is 0 Å². The van der Waals surface area contributed by atoms with E-state index in [1.165, 1.54) is 0 Å². The molecular formula is C14H23NO3S. The van der Waals surface area contributed by atoms with E-state index in [9.17, 15) is 5.11 Å². The summed E-state index contributed by atoms with van der Waals surface area (Å²) in [5.41, 5.74) is 6.95. The first-order valence-corrected chi connectivity index (χ1v) is 7.35. The first kappa shape index (κ1) is 16.5. The summed E-state index contributed by atoms with van der Waals surface area (Å²) in [7, 11) is 1.63. The predicted octanol–water partition coefficient (Wildman–Crippen LogP) is 1.82. The second-order valence-electron chi connectivity index (χ2n) is 4.39. The van der Waals surface area contributed by atoms with Gasteiger partial charge in [-0.25, -0.2) is 0 Å². The van der Waals surface area contributed by atoms with Crippen LogP contribution in [0.3, 0.4) is 0 Å². The molecule has 1 rings (SSSR count). The van der Waals surface area contributed by atoms with E-state index < -0.39 is 6.10 Å². The highest BCUT2D eigenvalue weighted by Gasteiger charge is 2.06. The van der Waals surface area contributed by atoms with Crippen molar-refractivity contribution in [2.75, 3.05) is 32.7 Å². The zero-order valence-electron chi connectivity index (χ0n) is 11.5. The molecule has 0 aliphatic carbocycles. The third-order valence-corrected chi connectivity index (χ3v) is 3.71. The van der Waals surface area contributed by atoms with Gasteiger partial charge in [-0.05, 0) is 24.6 Å². The van der Waals surface area contributed by atoms with E-state index in [1.54, 1.807) is 18.9 Å². The largest absolute Gasteiger partial charge is 0.390 e. The van der Waals surface area contributed by atoms with E-state index in [1.807, 2.05) is 25.1 Å². The van der Waals surface area contributed by atoms with E-state index in [0.29, 0.717) is 25.6 Å². The van der Waals surface area contributed by atoms with Crippen molar-refractivity contribution < 1.29 is 14.6 Å².